The molecule has 1 N–H and O–H groups in total. The number of benzene rings is 1. The van der Waals surface area contributed by atoms with E-state index in [1.807, 2.05) is 6.92 Å². The van der Waals surface area contributed by atoms with Gasteiger partial charge in [-0.2, -0.15) is 17.4 Å². The molecule has 18 heavy (non-hydrogen) atoms. The van der Waals surface area contributed by atoms with E-state index in [-0.39, 0.29) is 0 Å². The summed E-state index contributed by atoms with van der Waals surface area (Å²) in [5.41, 5.74) is 3.40. The average molecular weight is 268 g/mol. The van der Waals surface area contributed by atoms with E-state index in [1.54, 1.807) is 0 Å². The number of hydrogen-bond acceptors (Lipinski definition) is 2. The van der Waals surface area contributed by atoms with Crippen molar-refractivity contribution in [3.63, 3.8) is 0 Å². The van der Waals surface area contributed by atoms with Gasteiger partial charge in [-0.15, -0.1) is 0 Å². The molecule has 0 amide bonds. The first-order valence-electron chi connectivity index (χ1n) is 6.24. The fourth-order valence-corrected chi connectivity index (χ4v) is 2.87. The molecule has 1 fully saturated rings. The summed E-state index contributed by atoms with van der Waals surface area (Å²) < 4.78 is 27.5. The molecule has 1 saturated heterocycles. The summed E-state index contributed by atoms with van der Waals surface area (Å²) >= 11 is 0. The van der Waals surface area contributed by atoms with Crippen molar-refractivity contribution in [3.05, 3.63) is 34.9 Å². The monoisotopic (exact) mass is 268 g/mol. The number of hydrogen-bond donors (Lipinski definition) is 1. The van der Waals surface area contributed by atoms with E-state index in [0.29, 0.717) is 25.6 Å². The summed E-state index contributed by atoms with van der Waals surface area (Å²) in [6, 6.07) is 6.24. The quantitative estimate of drug-likeness (QED) is 0.827. The van der Waals surface area contributed by atoms with E-state index in [1.165, 1.54) is 9.87 Å². The summed E-state index contributed by atoms with van der Waals surface area (Å²) in [6.45, 7) is 7.92. The first-order valence-corrected chi connectivity index (χ1v) is 7.68. The molecule has 4 nitrogen and oxygen atoms in total. The topological polar surface area (TPSA) is 49.2 Å². The molecule has 5 heteroatoms. The molecule has 0 bridgehead atoms. The fraction of sp³-hybridized carbons (Fsp3) is 0.538. The fourth-order valence-electron chi connectivity index (χ4n) is 1.78. The molecule has 0 radical (unpaired) electrons. The minimum Gasteiger partial charge on any atom is -0.198 e. The predicted molar refractivity (Wildman–Crippen MR) is 72.6 cm³/mol. The van der Waals surface area contributed by atoms with Crippen molar-refractivity contribution in [3.8, 4) is 0 Å². The minimum atomic E-state index is -3.25. The van der Waals surface area contributed by atoms with Crippen LogP contribution in [-0.4, -0.2) is 25.8 Å². The van der Waals surface area contributed by atoms with E-state index in [4.69, 9.17) is 0 Å². The lowest BCUT2D eigenvalue weighted by Gasteiger charge is -2.12. The Morgan fingerprint density at radius 2 is 2.00 bits per heavy atom. The van der Waals surface area contributed by atoms with Crippen molar-refractivity contribution in [2.45, 2.75) is 33.2 Å². The third kappa shape index (κ3) is 3.10. The Morgan fingerprint density at radius 1 is 1.33 bits per heavy atom. The average Bonchev–Trinajstić information content (AvgIpc) is 3.11. The van der Waals surface area contributed by atoms with Gasteiger partial charge in [0.15, 0.2) is 0 Å². The molecular formula is C13H20N2O2S. The zero-order valence-corrected chi connectivity index (χ0v) is 11.9. The van der Waals surface area contributed by atoms with Gasteiger partial charge in [-0.05, 0) is 29.5 Å². The van der Waals surface area contributed by atoms with Crippen molar-refractivity contribution >= 4 is 10.2 Å². The number of nitrogens with zero attached hydrogens (tertiary/aromatic N) is 1. The molecule has 100 valence electrons. The van der Waals surface area contributed by atoms with Crippen molar-refractivity contribution in [2.75, 3.05) is 13.1 Å². The first-order chi connectivity index (χ1) is 8.40. The van der Waals surface area contributed by atoms with Gasteiger partial charge in [0.25, 0.3) is 10.2 Å². The van der Waals surface area contributed by atoms with Gasteiger partial charge >= 0.3 is 0 Å². The zero-order chi connectivity index (χ0) is 13.3. The minimum absolute atomic E-state index is 0.366. The van der Waals surface area contributed by atoms with E-state index < -0.39 is 10.2 Å². The highest BCUT2D eigenvalue weighted by Gasteiger charge is 2.31. The molecule has 0 aliphatic carbocycles. The van der Waals surface area contributed by atoms with Gasteiger partial charge in [0, 0.05) is 19.6 Å². The molecule has 0 spiro atoms. The maximum atomic E-state index is 11.7. The van der Waals surface area contributed by atoms with E-state index in [2.05, 4.69) is 36.8 Å². The summed E-state index contributed by atoms with van der Waals surface area (Å²) in [6.07, 6.45) is 0. The van der Waals surface area contributed by atoms with Crippen LogP contribution in [0.4, 0.5) is 0 Å². The van der Waals surface area contributed by atoms with Gasteiger partial charge < -0.3 is 0 Å². The molecule has 1 aromatic rings. The molecule has 0 aromatic heterocycles. The van der Waals surface area contributed by atoms with Crippen LogP contribution in [0.3, 0.4) is 0 Å². The molecule has 0 atom stereocenters. The summed E-state index contributed by atoms with van der Waals surface area (Å²) in [5.74, 6) is 0.452. The number of rotatable bonds is 5. The Kier molecular flexibility index (Phi) is 3.75. The van der Waals surface area contributed by atoms with Gasteiger partial charge in [0.05, 0.1) is 0 Å². The van der Waals surface area contributed by atoms with Crippen LogP contribution >= 0.6 is 0 Å². The standard InChI is InChI=1S/C13H20N2O2S/c1-10(2)12-5-4-11(3)13(8-12)9-14-18(16,17)15-6-7-15/h4-5,8,10,14H,6-7,9H2,1-3H3. The summed E-state index contributed by atoms with van der Waals surface area (Å²) in [4.78, 5) is 0. The molecule has 1 aliphatic rings. The first kappa shape index (κ1) is 13.5. The normalized spacial score (nSPS) is 16.2. The van der Waals surface area contributed by atoms with Crippen LogP contribution in [-0.2, 0) is 16.8 Å². The summed E-state index contributed by atoms with van der Waals surface area (Å²) in [7, 11) is -3.25. The highest BCUT2D eigenvalue weighted by molar-refractivity contribution is 7.87. The Labute approximate surface area is 109 Å². The van der Waals surface area contributed by atoms with Crippen LogP contribution in [0.15, 0.2) is 18.2 Å². The second kappa shape index (κ2) is 4.99. The Hall–Kier alpha value is -0.910. The molecule has 1 aliphatic heterocycles. The highest BCUT2D eigenvalue weighted by Crippen LogP contribution is 2.19. The lowest BCUT2D eigenvalue weighted by Crippen LogP contribution is -2.29. The van der Waals surface area contributed by atoms with Gasteiger partial charge in [-0.3, -0.25) is 0 Å². The van der Waals surface area contributed by atoms with Gasteiger partial charge in [0.2, 0.25) is 0 Å². The van der Waals surface area contributed by atoms with Crippen LogP contribution < -0.4 is 4.72 Å². The Balaban J connectivity index is 2.11. The van der Waals surface area contributed by atoms with Crippen LogP contribution in [0, 0.1) is 6.92 Å². The summed E-state index contributed by atoms with van der Waals surface area (Å²) in [5, 5.41) is 0. The molecule has 0 unspecified atom stereocenters. The highest BCUT2D eigenvalue weighted by atomic mass is 32.2. The molecule has 0 saturated carbocycles. The molecular weight excluding hydrogens is 248 g/mol. The molecule has 1 heterocycles. The van der Waals surface area contributed by atoms with E-state index in [0.717, 1.165) is 11.1 Å². The number of aryl methyl sites for hydroxylation is 1. The largest absolute Gasteiger partial charge is 0.279 e. The maximum absolute atomic E-state index is 11.7. The SMILES string of the molecule is Cc1ccc(C(C)C)cc1CNS(=O)(=O)N1CC1. The van der Waals surface area contributed by atoms with Crippen LogP contribution in [0.25, 0.3) is 0 Å². The van der Waals surface area contributed by atoms with Gasteiger partial charge in [0.1, 0.15) is 0 Å². The van der Waals surface area contributed by atoms with E-state index in [9.17, 15) is 8.42 Å². The Morgan fingerprint density at radius 3 is 2.56 bits per heavy atom. The second-order valence-electron chi connectivity index (χ2n) is 5.07. The van der Waals surface area contributed by atoms with Crippen molar-refractivity contribution < 1.29 is 8.42 Å². The predicted octanol–water partition coefficient (Wildman–Crippen LogP) is 1.77. The van der Waals surface area contributed by atoms with Crippen molar-refractivity contribution in [2.24, 2.45) is 0 Å². The van der Waals surface area contributed by atoms with Gasteiger partial charge in [-0.25, -0.2) is 0 Å². The van der Waals surface area contributed by atoms with E-state index >= 15 is 0 Å². The molecule has 1 aromatic carbocycles. The van der Waals surface area contributed by atoms with Crippen LogP contribution in [0.5, 0.6) is 0 Å². The van der Waals surface area contributed by atoms with Crippen molar-refractivity contribution in [1.29, 1.82) is 0 Å². The Bertz CT molecular complexity index is 534. The number of nitrogens with one attached hydrogen (secondary N) is 1. The lowest BCUT2D eigenvalue weighted by molar-refractivity contribution is 0.546. The zero-order valence-electron chi connectivity index (χ0n) is 11.1. The second-order valence-corrected chi connectivity index (χ2v) is 6.82. The van der Waals surface area contributed by atoms with Crippen molar-refractivity contribution in [1.82, 2.24) is 9.03 Å². The third-order valence-corrected chi connectivity index (χ3v) is 4.79. The van der Waals surface area contributed by atoms with Gasteiger partial charge in [-0.1, -0.05) is 32.0 Å². The van der Waals surface area contributed by atoms with Crippen LogP contribution in [0.1, 0.15) is 36.5 Å². The maximum Gasteiger partial charge on any atom is 0.279 e. The lowest BCUT2D eigenvalue weighted by atomic mass is 9.98. The smallest absolute Gasteiger partial charge is 0.198 e. The third-order valence-electron chi connectivity index (χ3n) is 3.23. The van der Waals surface area contributed by atoms with Crippen LogP contribution in [0.2, 0.25) is 0 Å². The molecule has 2 rings (SSSR count).